The van der Waals surface area contributed by atoms with Gasteiger partial charge in [-0.15, -0.1) is 0 Å². The lowest BCUT2D eigenvalue weighted by Crippen LogP contribution is -2.21. The van der Waals surface area contributed by atoms with Gasteiger partial charge in [-0.05, 0) is 24.3 Å². The van der Waals surface area contributed by atoms with Gasteiger partial charge >= 0.3 is 5.97 Å². The zero-order chi connectivity index (χ0) is 19.8. The highest BCUT2D eigenvalue weighted by atomic mass is 16.5. The van der Waals surface area contributed by atoms with Crippen LogP contribution in [0, 0.1) is 11.3 Å². The van der Waals surface area contributed by atoms with Crippen molar-refractivity contribution in [2.75, 3.05) is 0 Å². The molecule has 1 aliphatic heterocycles. The summed E-state index contributed by atoms with van der Waals surface area (Å²) in [6, 6.07) is 22.8. The molecule has 0 amide bonds. The van der Waals surface area contributed by atoms with Gasteiger partial charge in [-0.25, -0.2) is 0 Å². The molecule has 1 aliphatic rings. The Morgan fingerprint density at radius 1 is 1.00 bits per heavy atom. The molecule has 29 heavy (non-hydrogen) atoms. The number of para-hydroxylation sites is 2. The Bertz CT molecular complexity index is 1240. The first-order chi connectivity index (χ1) is 14.3. The van der Waals surface area contributed by atoms with Gasteiger partial charge in [0.25, 0.3) is 0 Å². The number of ether oxygens (including phenoxy) is 2. The zero-order valence-corrected chi connectivity index (χ0v) is 15.4. The lowest BCUT2D eigenvalue weighted by atomic mass is 9.88. The fourth-order valence-electron chi connectivity index (χ4n) is 3.81. The highest BCUT2D eigenvalue weighted by molar-refractivity contribution is 5.85. The molecule has 4 aromatic rings. The largest absolute Gasteiger partial charge is 0.460 e. The fraction of sp³-hybridized carbons (Fsp3) is 0.0833. The number of rotatable bonds is 3. The predicted molar refractivity (Wildman–Crippen MR) is 107 cm³/mol. The first-order valence-corrected chi connectivity index (χ1v) is 9.27. The summed E-state index contributed by atoms with van der Waals surface area (Å²) in [7, 11) is 0. The molecule has 0 aliphatic carbocycles. The Kier molecular flexibility index (Phi) is 4.03. The van der Waals surface area contributed by atoms with Crippen molar-refractivity contribution in [2.45, 2.75) is 12.5 Å². The summed E-state index contributed by atoms with van der Waals surface area (Å²) in [5.41, 5.74) is 3.55. The van der Waals surface area contributed by atoms with Gasteiger partial charge in [0, 0.05) is 29.1 Å². The third kappa shape index (κ3) is 2.82. The third-order valence-electron chi connectivity index (χ3n) is 5.16. The number of benzene rings is 2. The summed E-state index contributed by atoms with van der Waals surface area (Å²) < 4.78 is 13.5. The number of hydrogen-bond acceptors (Lipinski definition) is 4. The van der Waals surface area contributed by atoms with E-state index in [2.05, 4.69) is 6.07 Å². The second-order valence-electron chi connectivity index (χ2n) is 6.85. The van der Waals surface area contributed by atoms with Crippen LogP contribution in [0.2, 0.25) is 0 Å². The van der Waals surface area contributed by atoms with E-state index >= 15 is 0 Å². The summed E-state index contributed by atoms with van der Waals surface area (Å²) in [5, 5.41) is 9.56. The lowest BCUT2D eigenvalue weighted by Gasteiger charge is -2.26. The molecule has 0 saturated heterocycles. The van der Waals surface area contributed by atoms with Crippen LogP contribution in [0.25, 0.3) is 5.52 Å². The Hall–Kier alpha value is -4.04. The van der Waals surface area contributed by atoms with Gasteiger partial charge in [0.05, 0.1) is 11.1 Å². The van der Waals surface area contributed by atoms with E-state index in [0.717, 1.165) is 16.6 Å². The molecule has 5 rings (SSSR count). The second-order valence-corrected chi connectivity index (χ2v) is 6.85. The molecule has 0 unspecified atom stereocenters. The molecule has 0 N–H and O–H groups in total. The molecule has 5 heteroatoms. The van der Waals surface area contributed by atoms with E-state index < -0.39 is 5.92 Å². The molecular weight excluding hydrogens is 364 g/mol. The van der Waals surface area contributed by atoms with Gasteiger partial charge in [0.1, 0.15) is 30.1 Å². The number of carbonyl (C=O) groups excluding carboxylic acids is 1. The maximum absolute atomic E-state index is 13.1. The standard InChI is InChI=1S/C24H16N2O3/c25-13-19-16(14-26-12-6-5-9-20(19)26)15-28-24(27)23-17-7-1-3-10-21(17)29-22-11-4-2-8-18(22)23/h1-12,14,23H,15H2. The van der Waals surface area contributed by atoms with E-state index in [4.69, 9.17) is 9.47 Å². The third-order valence-corrected chi connectivity index (χ3v) is 5.16. The monoisotopic (exact) mass is 380 g/mol. The second kappa shape index (κ2) is 6.84. The van der Waals surface area contributed by atoms with Crippen molar-refractivity contribution in [1.29, 1.82) is 5.26 Å². The minimum Gasteiger partial charge on any atom is -0.460 e. The molecule has 2 aromatic heterocycles. The van der Waals surface area contributed by atoms with Gasteiger partial charge in [-0.3, -0.25) is 4.79 Å². The summed E-state index contributed by atoms with van der Waals surface area (Å²) in [6.45, 7) is 0.0328. The minimum atomic E-state index is -0.571. The summed E-state index contributed by atoms with van der Waals surface area (Å²) in [5.74, 6) is 0.368. The molecule has 0 radical (unpaired) electrons. The highest BCUT2D eigenvalue weighted by Crippen LogP contribution is 2.44. The molecule has 0 fully saturated rings. The van der Waals surface area contributed by atoms with E-state index in [1.165, 1.54) is 0 Å². The van der Waals surface area contributed by atoms with Crippen molar-refractivity contribution in [3.8, 4) is 17.6 Å². The molecule has 3 heterocycles. The molecule has 0 saturated carbocycles. The van der Waals surface area contributed by atoms with Gasteiger partial charge in [-0.1, -0.05) is 42.5 Å². The van der Waals surface area contributed by atoms with E-state index in [-0.39, 0.29) is 12.6 Å². The van der Waals surface area contributed by atoms with Crippen molar-refractivity contribution < 1.29 is 14.3 Å². The van der Waals surface area contributed by atoms with Crippen LogP contribution in [0.5, 0.6) is 11.5 Å². The van der Waals surface area contributed by atoms with Crippen molar-refractivity contribution >= 4 is 11.5 Å². The Morgan fingerprint density at radius 3 is 2.34 bits per heavy atom. The Balaban J connectivity index is 1.47. The van der Waals surface area contributed by atoms with E-state index in [1.807, 2.05) is 83.5 Å². The molecular formula is C24H16N2O3. The maximum atomic E-state index is 13.1. The average molecular weight is 380 g/mol. The fourth-order valence-corrected chi connectivity index (χ4v) is 3.81. The number of carbonyl (C=O) groups is 1. The van der Waals surface area contributed by atoms with Crippen molar-refractivity contribution in [2.24, 2.45) is 0 Å². The Morgan fingerprint density at radius 2 is 1.66 bits per heavy atom. The molecule has 0 spiro atoms. The number of hydrogen-bond donors (Lipinski definition) is 0. The molecule has 140 valence electrons. The van der Waals surface area contributed by atoms with Crippen LogP contribution in [0.4, 0.5) is 0 Å². The van der Waals surface area contributed by atoms with Crippen LogP contribution in [0.1, 0.15) is 28.2 Å². The summed E-state index contributed by atoms with van der Waals surface area (Å²) >= 11 is 0. The van der Waals surface area contributed by atoms with Crippen molar-refractivity contribution in [3.63, 3.8) is 0 Å². The van der Waals surface area contributed by atoms with Crippen LogP contribution in [0.15, 0.2) is 79.1 Å². The number of fused-ring (bicyclic) bond motifs is 3. The molecule has 0 atom stereocenters. The first kappa shape index (κ1) is 17.1. The zero-order valence-electron chi connectivity index (χ0n) is 15.4. The van der Waals surface area contributed by atoms with Gasteiger partial charge in [0.2, 0.25) is 0 Å². The predicted octanol–water partition coefficient (Wildman–Crippen LogP) is 4.79. The number of aromatic nitrogens is 1. The van der Waals surface area contributed by atoms with Crippen molar-refractivity contribution in [1.82, 2.24) is 4.40 Å². The van der Waals surface area contributed by atoms with E-state index in [1.54, 1.807) is 0 Å². The maximum Gasteiger partial charge on any atom is 0.318 e. The summed E-state index contributed by atoms with van der Waals surface area (Å²) in [4.78, 5) is 13.1. The quantitative estimate of drug-likeness (QED) is 0.479. The normalized spacial score (nSPS) is 12.5. The SMILES string of the molecule is N#Cc1c(COC(=O)C2c3ccccc3Oc3ccccc32)cn2ccccc12. The van der Waals surface area contributed by atoms with Gasteiger partial charge in [0.15, 0.2) is 0 Å². The minimum absolute atomic E-state index is 0.0328. The molecule has 2 aromatic carbocycles. The number of pyridine rings is 1. The molecule has 5 nitrogen and oxygen atoms in total. The Labute approximate surface area is 167 Å². The van der Waals surface area contributed by atoms with Crippen LogP contribution < -0.4 is 4.74 Å². The number of nitrogens with zero attached hydrogens (tertiary/aromatic N) is 2. The van der Waals surface area contributed by atoms with Crippen LogP contribution >= 0.6 is 0 Å². The van der Waals surface area contributed by atoms with Crippen LogP contribution in [-0.2, 0) is 16.1 Å². The van der Waals surface area contributed by atoms with Gasteiger partial charge in [-0.2, -0.15) is 5.26 Å². The van der Waals surface area contributed by atoms with Crippen LogP contribution in [0.3, 0.4) is 0 Å². The van der Waals surface area contributed by atoms with Gasteiger partial charge < -0.3 is 13.9 Å². The topological polar surface area (TPSA) is 63.7 Å². The first-order valence-electron chi connectivity index (χ1n) is 9.27. The smallest absolute Gasteiger partial charge is 0.318 e. The van der Waals surface area contributed by atoms with Crippen molar-refractivity contribution in [3.05, 3.63) is 101 Å². The van der Waals surface area contributed by atoms with E-state index in [9.17, 15) is 10.1 Å². The van der Waals surface area contributed by atoms with Crippen LogP contribution in [-0.4, -0.2) is 10.4 Å². The lowest BCUT2D eigenvalue weighted by molar-refractivity contribution is -0.145. The molecule has 0 bridgehead atoms. The number of esters is 1. The van der Waals surface area contributed by atoms with E-state index in [0.29, 0.717) is 22.6 Å². The average Bonchev–Trinajstić information content (AvgIpc) is 3.13. The highest BCUT2D eigenvalue weighted by Gasteiger charge is 2.33. The number of nitriles is 1. The summed E-state index contributed by atoms with van der Waals surface area (Å²) in [6.07, 6.45) is 3.69.